The van der Waals surface area contributed by atoms with E-state index in [9.17, 15) is 22.8 Å². The van der Waals surface area contributed by atoms with E-state index in [1.165, 1.54) is 6.20 Å². The van der Waals surface area contributed by atoms with Gasteiger partial charge in [-0.05, 0) is 24.1 Å². The van der Waals surface area contributed by atoms with Crippen molar-refractivity contribution in [3.63, 3.8) is 0 Å². The van der Waals surface area contributed by atoms with Gasteiger partial charge in [0.1, 0.15) is 13.1 Å². The number of aromatic nitrogens is 1. The molecule has 116 valence electrons. The second kappa shape index (κ2) is 6.91. The highest BCUT2D eigenvalue weighted by atomic mass is 19.4. The van der Waals surface area contributed by atoms with Crippen LogP contribution in [0.2, 0.25) is 0 Å². The monoisotopic (exact) mass is 305 g/mol. The molecule has 0 fully saturated rings. The number of halogens is 3. The molecule has 1 rings (SSSR count). The molecule has 9 heteroatoms. The average molecular weight is 305 g/mol. The summed E-state index contributed by atoms with van der Waals surface area (Å²) in [7, 11) is 0. The number of carbonyl (C=O) groups is 2. The van der Waals surface area contributed by atoms with Crippen LogP contribution >= 0.6 is 0 Å². The maximum Gasteiger partial charge on any atom is 0.406 e. The van der Waals surface area contributed by atoms with Crippen LogP contribution in [-0.2, 0) is 11.3 Å². The summed E-state index contributed by atoms with van der Waals surface area (Å²) in [6, 6.07) is 0.588. The van der Waals surface area contributed by atoms with Gasteiger partial charge in [0.15, 0.2) is 0 Å². The van der Waals surface area contributed by atoms with Gasteiger partial charge in [0.05, 0.1) is 0 Å². The average Bonchev–Trinajstić information content (AvgIpc) is 2.34. The van der Waals surface area contributed by atoms with Gasteiger partial charge < -0.3 is 15.3 Å². The quantitative estimate of drug-likeness (QED) is 0.864. The van der Waals surface area contributed by atoms with Crippen LogP contribution < -0.4 is 5.32 Å². The molecule has 1 heterocycles. The van der Waals surface area contributed by atoms with E-state index in [0.717, 1.165) is 5.56 Å². The van der Waals surface area contributed by atoms with Crippen LogP contribution in [0.3, 0.4) is 0 Å². The standard InChI is InChI=1S/C12H14F3N3O3/c1-8-2-3-16-4-9(8)5-17-11(21)18(6-10(19)20)7-12(13,14)15/h2-4H,5-7H2,1H3,(H,17,21)(H,19,20). The summed E-state index contributed by atoms with van der Waals surface area (Å²) in [5.74, 6) is -1.52. The Kier molecular flexibility index (Phi) is 5.51. The number of aliphatic carboxylic acids is 1. The lowest BCUT2D eigenvalue weighted by Crippen LogP contribution is -2.46. The van der Waals surface area contributed by atoms with E-state index in [2.05, 4.69) is 10.3 Å². The summed E-state index contributed by atoms with van der Waals surface area (Å²) in [6.45, 7) is -0.936. The fourth-order valence-corrected chi connectivity index (χ4v) is 1.54. The summed E-state index contributed by atoms with van der Waals surface area (Å²) in [5.41, 5.74) is 1.44. The van der Waals surface area contributed by atoms with Gasteiger partial charge in [-0.3, -0.25) is 9.78 Å². The van der Waals surface area contributed by atoms with Crippen molar-refractivity contribution in [1.82, 2.24) is 15.2 Å². The lowest BCUT2D eigenvalue weighted by molar-refractivity contribution is -0.148. The third-order valence-corrected chi connectivity index (χ3v) is 2.56. The molecule has 2 amide bonds. The molecule has 0 radical (unpaired) electrons. The highest BCUT2D eigenvalue weighted by Crippen LogP contribution is 2.16. The van der Waals surface area contributed by atoms with Gasteiger partial charge in [-0.15, -0.1) is 0 Å². The summed E-state index contributed by atoms with van der Waals surface area (Å²) >= 11 is 0. The molecule has 0 aliphatic heterocycles. The highest BCUT2D eigenvalue weighted by molar-refractivity contribution is 5.80. The number of nitrogens with zero attached hydrogens (tertiary/aromatic N) is 2. The zero-order chi connectivity index (χ0) is 16.0. The largest absolute Gasteiger partial charge is 0.480 e. The van der Waals surface area contributed by atoms with Crippen molar-refractivity contribution in [2.75, 3.05) is 13.1 Å². The minimum atomic E-state index is -4.67. The van der Waals surface area contributed by atoms with E-state index in [4.69, 9.17) is 5.11 Å². The number of pyridine rings is 1. The van der Waals surface area contributed by atoms with Crippen LogP contribution in [0.5, 0.6) is 0 Å². The lowest BCUT2D eigenvalue weighted by atomic mass is 10.2. The number of amides is 2. The van der Waals surface area contributed by atoms with Gasteiger partial charge in [-0.2, -0.15) is 13.2 Å². The van der Waals surface area contributed by atoms with Crippen molar-refractivity contribution in [2.45, 2.75) is 19.6 Å². The van der Waals surface area contributed by atoms with Gasteiger partial charge in [0.25, 0.3) is 0 Å². The molecule has 21 heavy (non-hydrogen) atoms. The maximum absolute atomic E-state index is 12.3. The summed E-state index contributed by atoms with van der Waals surface area (Å²) in [6.07, 6.45) is -1.65. The number of carbonyl (C=O) groups excluding carboxylic acids is 1. The minimum Gasteiger partial charge on any atom is -0.480 e. The molecular formula is C12H14F3N3O3. The molecular weight excluding hydrogens is 291 g/mol. The molecule has 0 aliphatic rings. The van der Waals surface area contributed by atoms with Gasteiger partial charge in [-0.25, -0.2) is 4.79 Å². The highest BCUT2D eigenvalue weighted by Gasteiger charge is 2.33. The van der Waals surface area contributed by atoms with Gasteiger partial charge in [0, 0.05) is 18.9 Å². The van der Waals surface area contributed by atoms with Crippen LogP contribution in [0.25, 0.3) is 0 Å². The molecule has 0 bridgehead atoms. The number of rotatable bonds is 5. The summed E-state index contributed by atoms with van der Waals surface area (Å²) in [4.78, 5) is 26.2. The SMILES string of the molecule is Cc1ccncc1CNC(=O)N(CC(=O)O)CC(F)(F)F. The van der Waals surface area contributed by atoms with E-state index < -0.39 is 31.3 Å². The Morgan fingerprint density at radius 3 is 2.62 bits per heavy atom. The van der Waals surface area contributed by atoms with Crippen LogP contribution in [-0.4, -0.2) is 46.3 Å². The normalized spacial score (nSPS) is 11.0. The second-order valence-electron chi connectivity index (χ2n) is 4.33. The van der Waals surface area contributed by atoms with Crippen molar-refractivity contribution in [1.29, 1.82) is 0 Å². The van der Waals surface area contributed by atoms with E-state index >= 15 is 0 Å². The smallest absolute Gasteiger partial charge is 0.406 e. The summed E-state index contributed by atoms with van der Waals surface area (Å²) < 4.78 is 37.0. The predicted octanol–water partition coefficient (Wildman–Crippen LogP) is 1.55. The van der Waals surface area contributed by atoms with Crippen molar-refractivity contribution in [3.05, 3.63) is 29.6 Å². The topological polar surface area (TPSA) is 82.5 Å². The maximum atomic E-state index is 12.3. The number of carboxylic acid groups (broad SMARTS) is 1. The van der Waals surface area contributed by atoms with E-state index in [0.29, 0.717) is 5.56 Å². The molecule has 0 saturated carbocycles. The Hall–Kier alpha value is -2.32. The number of aryl methyl sites for hydroxylation is 1. The van der Waals surface area contributed by atoms with Crippen LogP contribution in [0.15, 0.2) is 18.5 Å². The summed E-state index contributed by atoms with van der Waals surface area (Å²) in [5, 5.41) is 10.8. The molecule has 0 atom stereocenters. The molecule has 2 N–H and O–H groups in total. The fraction of sp³-hybridized carbons (Fsp3) is 0.417. The Labute approximate surface area is 118 Å². The zero-order valence-electron chi connectivity index (χ0n) is 11.1. The number of carboxylic acids is 1. The minimum absolute atomic E-state index is 0.0352. The first-order valence-corrected chi connectivity index (χ1v) is 5.90. The molecule has 1 aromatic rings. The van der Waals surface area contributed by atoms with Crippen molar-refractivity contribution < 1.29 is 27.9 Å². The third kappa shape index (κ3) is 6.11. The molecule has 0 spiro atoms. The predicted molar refractivity (Wildman–Crippen MR) is 66.5 cm³/mol. The van der Waals surface area contributed by atoms with Gasteiger partial charge in [-0.1, -0.05) is 0 Å². The molecule has 1 aromatic heterocycles. The fourth-order valence-electron chi connectivity index (χ4n) is 1.54. The molecule has 0 aliphatic carbocycles. The first kappa shape index (κ1) is 16.7. The Bertz CT molecular complexity index is 520. The zero-order valence-corrected chi connectivity index (χ0v) is 11.1. The van der Waals surface area contributed by atoms with Gasteiger partial charge in [0.2, 0.25) is 0 Å². The first-order chi connectivity index (χ1) is 9.69. The number of urea groups is 1. The second-order valence-corrected chi connectivity index (χ2v) is 4.33. The third-order valence-electron chi connectivity index (χ3n) is 2.56. The molecule has 0 saturated heterocycles. The number of nitrogens with one attached hydrogen (secondary N) is 1. The number of hydrogen-bond acceptors (Lipinski definition) is 3. The van der Waals surface area contributed by atoms with Crippen LogP contribution in [0, 0.1) is 6.92 Å². The molecule has 0 aromatic carbocycles. The van der Waals surface area contributed by atoms with Crippen LogP contribution in [0.4, 0.5) is 18.0 Å². The van der Waals surface area contributed by atoms with Gasteiger partial charge >= 0.3 is 18.2 Å². The number of alkyl halides is 3. The number of hydrogen-bond donors (Lipinski definition) is 2. The first-order valence-electron chi connectivity index (χ1n) is 5.90. The van der Waals surface area contributed by atoms with Crippen molar-refractivity contribution in [2.24, 2.45) is 0 Å². The van der Waals surface area contributed by atoms with Crippen molar-refractivity contribution >= 4 is 12.0 Å². The van der Waals surface area contributed by atoms with E-state index in [1.807, 2.05) is 0 Å². The Balaban J connectivity index is 2.68. The Morgan fingerprint density at radius 2 is 2.10 bits per heavy atom. The van der Waals surface area contributed by atoms with E-state index in [1.54, 1.807) is 19.2 Å². The Morgan fingerprint density at radius 1 is 1.43 bits per heavy atom. The van der Waals surface area contributed by atoms with E-state index in [-0.39, 0.29) is 11.4 Å². The molecule has 0 unspecified atom stereocenters. The molecule has 6 nitrogen and oxygen atoms in total. The lowest BCUT2D eigenvalue weighted by Gasteiger charge is -2.22. The van der Waals surface area contributed by atoms with Crippen molar-refractivity contribution in [3.8, 4) is 0 Å². The van der Waals surface area contributed by atoms with Crippen LogP contribution in [0.1, 0.15) is 11.1 Å².